The van der Waals surface area contributed by atoms with Gasteiger partial charge in [0.25, 0.3) is 0 Å². The van der Waals surface area contributed by atoms with Crippen molar-refractivity contribution in [3.8, 4) is 78.9 Å². The van der Waals surface area contributed by atoms with Crippen molar-refractivity contribution >= 4 is 43.6 Å². The zero-order chi connectivity index (χ0) is 51.2. The number of para-hydroxylation sites is 3. The van der Waals surface area contributed by atoms with Gasteiger partial charge < -0.3 is 9.13 Å². The van der Waals surface area contributed by atoms with Gasteiger partial charge in [-0.3, -0.25) is 0 Å². The van der Waals surface area contributed by atoms with Gasteiger partial charge in [-0.25, -0.2) is 15.0 Å². The average molecular weight is 986 g/mol. The van der Waals surface area contributed by atoms with Crippen molar-refractivity contribution in [2.45, 2.75) is 31.6 Å². The monoisotopic (exact) mass is 985 g/mol. The first-order chi connectivity index (χ1) is 38.0. The fourth-order valence-electron chi connectivity index (χ4n) is 12.7. The molecule has 10 aromatic carbocycles. The largest absolute Gasteiger partial charge is 0.309 e. The van der Waals surface area contributed by atoms with E-state index in [1.807, 2.05) is 0 Å². The van der Waals surface area contributed by atoms with Gasteiger partial charge in [0.1, 0.15) is 0 Å². The standard InChI is InChI=1S/C72H51N5/c1-72(2)59-36-15-12-30-54(59)66-58(35-19-37-60(66)72)71-74-69(50-27-18-26-48(44-50)46-22-6-3-7-23-46)73-70(75-71)57-32-14-17-39-62(57)77-64-41-21-34-53(68(64)56-43-42-49(45-65(56)77)47-24-8-4-9-25-47)52-33-20-40-63-67(52)55-31-13-16-38-61(55)76(63)51-28-10-5-11-29-51/h3-24,26-45,47H,25H2,1-2H3. The number of aromatic nitrogens is 5. The third-order valence-corrected chi connectivity index (χ3v) is 16.3. The number of hydrogen-bond acceptors (Lipinski definition) is 3. The molecule has 3 heterocycles. The first-order valence-corrected chi connectivity index (χ1v) is 26.7. The zero-order valence-corrected chi connectivity index (χ0v) is 42.8. The van der Waals surface area contributed by atoms with Gasteiger partial charge in [-0.2, -0.15) is 0 Å². The van der Waals surface area contributed by atoms with Crippen LogP contribution in [0.25, 0.3) is 123 Å². The van der Waals surface area contributed by atoms with Crippen LogP contribution in [0.1, 0.15) is 42.9 Å². The summed E-state index contributed by atoms with van der Waals surface area (Å²) in [5, 5.41) is 4.84. The fourth-order valence-corrected chi connectivity index (χ4v) is 12.7. The molecule has 1 atom stereocenters. The van der Waals surface area contributed by atoms with Crippen LogP contribution in [0.2, 0.25) is 0 Å². The molecule has 2 aliphatic carbocycles. The number of nitrogens with zero attached hydrogens (tertiary/aromatic N) is 5. The summed E-state index contributed by atoms with van der Waals surface area (Å²) in [6.07, 6.45) is 9.89. The Morgan fingerprint density at radius 2 is 0.974 bits per heavy atom. The lowest BCUT2D eigenvalue weighted by Crippen LogP contribution is -2.14. The van der Waals surface area contributed by atoms with Crippen LogP contribution in [0.4, 0.5) is 0 Å². The molecule has 0 amide bonds. The summed E-state index contributed by atoms with van der Waals surface area (Å²) in [5.41, 5.74) is 20.2. The van der Waals surface area contributed by atoms with Gasteiger partial charge >= 0.3 is 0 Å². The molecule has 0 radical (unpaired) electrons. The summed E-state index contributed by atoms with van der Waals surface area (Å²) in [4.78, 5) is 16.6. The molecule has 15 rings (SSSR count). The summed E-state index contributed by atoms with van der Waals surface area (Å²) in [6, 6.07) is 83.6. The van der Waals surface area contributed by atoms with Crippen LogP contribution in [0, 0.1) is 0 Å². The lowest BCUT2D eigenvalue weighted by atomic mass is 9.82. The van der Waals surface area contributed by atoms with Crippen LogP contribution in [-0.2, 0) is 5.41 Å². The highest BCUT2D eigenvalue weighted by Gasteiger charge is 2.37. The number of benzene rings is 10. The molecule has 13 aromatic rings. The van der Waals surface area contributed by atoms with Crippen molar-refractivity contribution in [3.05, 3.63) is 272 Å². The van der Waals surface area contributed by atoms with Gasteiger partial charge in [0.2, 0.25) is 0 Å². The molecule has 0 fully saturated rings. The molecule has 0 saturated carbocycles. The highest BCUT2D eigenvalue weighted by atomic mass is 15.1. The predicted octanol–water partition coefficient (Wildman–Crippen LogP) is 18.3. The van der Waals surface area contributed by atoms with E-state index in [0.29, 0.717) is 17.5 Å². The van der Waals surface area contributed by atoms with Gasteiger partial charge in [0, 0.05) is 55.3 Å². The van der Waals surface area contributed by atoms with Crippen molar-refractivity contribution in [1.82, 2.24) is 24.1 Å². The molecule has 5 nitrogen and oxygen atoms in total. The van der Waals surface area contributed by atoms with Crippen LogP contribution in [0.3, 0.4) is 0 Å². The van der Waals surface area contributed by atoms with E-state index in [0.717, 1.165) is 56.6 Å². The molecular formula is C72H51N5. The molecule has 0 aliphatic heterocycles. The molecule has 3 aromatic heterocycles. The molecular weight excluding hydrogens is 935 g/mol. The van der Waals surface area contributed by atoms with E-state index in [9.17, 15) is 0 Å². The topological polar surface area (TPSA) is 48.5 Å². The van der Waals surface area contributed by atoms with Crippen molar-refractivity contribution in [1.29, 1.82) is 0 Å². The Labute approximate surface area is 447 Å². The van der Waals surface area contributed by atoms with E-state index < -0.39 is 0 Å². The predicted molar refractivity (Wildman–Crippen MR) is 319 cm³/mol. The smallest absolute Gasteiger partial charge is 0.166 e. The van der Waals surface area contributed by atoms with E-state index in [-0.39, 0.29) is 11.3 Å². The lowest BCUT2D eigenvalue weighted by molar-refractivity contribution is 0.660. The maximum Gasteiger partial charge on any atom is 0.166 e. The first-order valence-electron chi connectivity index (χ1n) is 26.7. The normalized spacial score (nSPS) is 14.4. The van der Waals surface area contributed by atoms with E-state index in [2.05, 4.69) is 278 Å². The maximum atomic E-state index is 5.60. The van der Waals surface area contributed by atoms with Crippen LogP contribution < -0.4 is 0 Å². The Hall–Kier alpha value is -9.71. The van der Waals surface area contributed by atoms with E-state index in [1.54, 1.807) is 0 Å². The summed E-state index contributed by atoms with van der Waals surface area (Å²) in [6.45, 7) is 4.65. The molecule has 5 heteroatoms. The average Bonchev–Trinajstić information content (AvgIpc) is 4.31. The molecule has 2 aliphatic rings. The summed E-state index contributed by atoms with van der Waals surface area (Å²) in [5.74, 6) is 2.12. The van der Waals surface area contributed by atoms with Gasteiger partial charge in [-0.1, -0.05) is 214 Å². The number of rotatable bonds is 8. The Morgan fingerprint density at radius 1 is 0.403 bits per heavy atom. The molecule has 0 bridgehead atoms. The van der Waals surface area contributed by atoms with Crippen LogP contribution in [0.5, 0.6) is 0 Å². The second kappa shape index (κ2) is 17.7. The summed E-state index contributed by atoms with van der Waals surface area (Å²) in [7, 11) is 0. The third-order valence-electron chi connectivity index (χ3n) is 16.3. The molecule has 364 valence electrons. The second-order valence-corrected chi connectivity index (χ2v) is 21.0. The SMILES string of the molecule is CC1(C)c2ccccc2-c2c(-c3nc(-c4cccc(-c5ccccc5)c4)nc(-c4ccccc4-n4c5cc(C6C=CC=CC6)ccc5c5c(-c6cccc7c6c6ccccc6n7-c6ccccc6)cccc54)n3)cccc21. The van der Waals surface area contributed by atoms with Crippen LogP contribution in [0.15, 0.2) is 255 Å². The minimum absolute atomic E-state index is 0.195. The number of hydrogen-bond donors (Lipinski definition) is 0. The molecule has 0 N–H and O–H groups in total. The van der Waals surface area contributed by atoms with Gasteiger partial charge in [0.05, 0.1) is 27.8 Å². The third kappa shape index (κ3) is 7.11. The summed E-state index contributed by atoms with van der Waals surface area (Å²) >= 11 is 0. The van der Waals surface area contributed by atoms with Crippen molar-refractivity contribution in [3.63, 3.8) is 0 Å². The quantitative estimate of drug-likeness (QED) is 0.152. The summed E-state index contributed by atoms with van der Waals surface area (Å²) < 4.78 is 4.88. The maximum absolute atomic E-state index is 5.60. The van der Waals surface area contributed by atoms with Crippen molar-refractivity contribution in [2.75, 3.05) is 0 Å². The minimum atomic E-state index is -0.195. The van der Waals surface area contributed by atoms with Crippen LogP contribution >= 0.6 is 0 Å². The van der Waals surface area contributed by atoms with Gasteiger partial charge in [0.15, 0.2) is 17.5 Å². The number of allylic oxidation sites excluding steroid dienone is 4. The van der Waals surface area contributed by atoms with Crippen molar-refractivity contribution < 1.29 is 0 Å². The van der Waals surface area contributed by atoms with Crippen LogP contribution in [-0.4, -0.2) is 24.1 Å². The Kier molecular flexibility index (Phi) is 10.3. The van der Waals surface area contributed by atoms with E-state index in [1.165, 1.54) is 71.5 Å². The second-order valence-electron chi connectivity index (χ2n) is 21.0. The lowest BCUT2D eigenvalue weighted by Gasteiger charge is -2.21. The molecule has 0 saturated heterocycles. The fraction of sp³-hybridized carbons (Fsp3) is 0.0694. The number of fused-ring (bicyclic) bond motifs is 9. The van der Waals surface area contributed by atoms with E-state index in [4.69, 9.17) is 15.0 Å². The molecule has 77 heavy (non-hydrogen) atoms. The van der Waals surface area contributed by atoms with Crippen molar-refractivity contribution in [2.24, 2.45) is 0 Å². The molecule has 1 unspecified atom stereocenters. The Morgan fingerprint density at radius 3 is 1.77 bits per heavy atom. The first kappa shape index (κ1) is 44.7. The van der Waals surface area contributed by atoms with Gasteiger partial charge in [-0.05, 0) is 111 Å². The Bertz CT molecular complexity index is 4570. The minimum Gasteiger partial charge on any atom is -0.309 e. The van der Waals surface area contributed by atoms with Gasteiger partial charge in [-0.15, -0.1) is 0 Å². The Balaban J connectivity index is 0.995. The molecule has 0 spiro atoms. The highest BCUT2D eigenvalue weighted by Crippen LogP contribution is 2.52. The van der Waals surface area contributed by atoms with E-state index >= 15 is 0 Å². The highest BCUT2D eigenvalue weighted by molar-refractivity contribution is 6.22. The zero-order valence-electron chi connectivity index (χ0n) is 42.8.